The molecule has 0 amide bonds. The van der Waals surface area contributed by atoms with Crippen molar-refractivity contribution in [3.05, 3.63) is 40.0 Å². The van der Waals surface area contributed by atoms with Gasteiger partial charge >= 0.3 is 0 Å². The molecule has 1 aromatic carbocycles. The van der Waals surface area contributed by atoms with Crippen LogP contribution in [0.4, 0.5) is 0 Å². The number of carbonyl (C=O) groups is 3. The molecule has 162 valence electrons. The van der Waals surface area contributed by atoms with Gasteiger partial charge in [0.05, 0.1) is 16.2 Å². The van der Waals surface area contributed by atoms with Gasteiger partial charge < -0.3 is 5.11 Å². The first kappa shape index (κ1) is 23.7. The van der Waals surface area contributed by atoms with Crippen molar-refractivity contribution in [2.24, 2.45) is 11.3 Å². The molecule has 0 aromatic heterocycles. The quantitative estimate of drug-likeness (QED) is 0.336. The highest BCUT2D eigenvalue weighted by Crippen LogP contribution is 2.39. The molecule has 0 aliphatic heterocycles. The molecule has 6 nitrogen and oxygen atoms in total. The summed E-state index contributed by atoms with van der Waals surface area (Å²) in [5.74, 6) is -3.53. The Kier molecular flexibility index (Phi) is 6.02. The van der Waals surface area contributed by atoms with Crippen LogP contribution in [-0.4, -0.2) is 37.1 Å². The normalized spacial score (nSPS) is 20.9. The van der Waals surface area contributed by atoms with E-state index in [4.69, 9.17) is 0 Å². The first-order chi connectivity index (χ1) is 13.5. The second-order valence-electron chi connectivity index (χ2n) is 8.64. The lowest BCUT2D eigenvalue weighted by Crippen LogP contribution is -2.48. The number of rotatable bonds is 3. The number of ketones is 3. The largest absolute Gasteiger partial charge is 0.506 e. The summed E-state index contributed by atoms with van der Waals surface area (Å²) in [5.41, 5.74) is 0.812. The van der Waals surface area contributed by atoms with E-state index in [1.807, 2.05) is 13.8 Å². The summed E-state index contributed by atoms with van der Waals surface area (Å²) in [5, 5.41) is 11.0. The van der Waals surface area contributed by atoms with Crippen molar-refractivity contribution in [1.82, 2.24) is 0 Å². The molecular formula is C23H28O6S. The summed E-state index contributed by atoms with van der Waals surface area (Å²) < 4.78 is 24.7. The molecule has 0 heterocycles. The monoisotopic (exact) mass is 432 g/mol. The Morgan fingerprint density at radius 1 is 1.07 bits per heavy atom. The Labute approximate surface area is 177 Å². The molecule has 2 rings (SSSR count). The summed E-state index contributed by atoms with van der Waals surface area (Å²) in [4.78, 5) is 38.2. The van der Waals surface area contributed by atoms with Gasteiger partial charge in [0.1, 0.15) is 11.3 Å². The van der Waals surface area contributed by atoms with Gasteiger partial charge in [-0.05, 0) is 77.3 Å². The van der Waals surface area contributed by atoms with Gasteiger partial charge in [0.25, 0.3) is 0 Å². The first-order valence-corrected chi connectivity index (χ1v) is 11.5. The molecule has 0 bridgehead atoms. The number of benzene rings is 1. The van der Waals surface area contributed by atoms with Gasteiger partial charge in [-0.15, -0.1) is 0 Å². The van der Waals surface area contributed by atoms with Crippen molar-refractivity contribution in [3.63, 3.8) is 0 Å². The summed E-state index contributed by atoms with van der Waals surface area (Å²) in [6.45, 7) is 11.4. The van der Waals surface area contributed by atoms with Gasteiger partial charge in [-0.25, -0.2) is 8.42 Å². The van der Waals surface area contributed by atoms with E-state index in [0.717, 1.165) is 17.4 Å². The minimum absolute atomic E-state index is 0.102. The Morgan fingerprint density at radius 2 is 1.60 bits per heavy atom. The zero-order chi connectivity index (χ0) is 23.3. The van der Waals surface area contributed by atoms with E-state index < -0.39 is 49.9 Å². The van der Waals surface area contributed by atoms with Crippen LogP contribution in [0.3, 0.4) is 0 Å². The van der Waals surface area contributed by atoms with Gasteiger partial charge in [0.2, 0.25) is 0 Å². The van der Waals surface area contributed by atoms with E-state index in [1.165, 1.54) is 32.9 Å². The predicted molar refractivity (Wildman–Crippen MR) is 116 cm³/mol. The van der Waals surface area contributed by atoms with Crippen LogP contribution in [0.15, 0.2) is 28.2 Å². The molecule has 1 fully saturated rings. The van der Waals surface area contributed by atoms with E-state index in [-0.39, 0.29) is 10.5 Å². The first-order valence-electron chi connectivity index (χ1n) is 9.60. The van der Waals surface area contributed by atoms with Crippen molar-refractivity contribution in [1.29, 1.82) is 0 Å². The number of hydrogen-bond acceptors (Lipinski definition) is 6. The molecule has 0 saturated heterocycles. The van der Waals surface area contributed by atoms with Gasteiger partial charge in [-0.2, -0.15) is 0 Å². The van der Waals surface area contributed by atoms with Crippen LogP contribution in [0.1, 0.15) is 58.2 Å². The predicted octanol–water partition coefficient (Wildman–Crippen LogP) is 3.86. The number of Topliss-reactive ketones (excluding diaryl/α,β-unsaturated/α-hetero) is 3. The molecule has 1 aromatic rings. The van der Waals surface area contributed by atoms with Crippen molar-refractivity contribution in [2.75, 3.05) is 6.26 Å². The molecule has 0 spiro atoms. The molecule has 0 radical (unpaired) electrons. The fraction of sp³-hybridized carbons (Fsp3) is 0.435. The number of aliphatic hydroxyl groups excluding tert-OH is 1. The smallest absolute Gasteiger partial charge is 0.183 e. The molecule has 1 N–H and O–H groups in total. The molecule has 1 unspecified atom stereocenters. The van der Waals surface area contributed by atoms with Crippen molar-refractivity contribution < 1.29 is 27.9 Å². The highest BCUT2D eigenvalue weighted by molar-refractivity contribution is 7.90. The standard InChI is InChI=1S/C23H28O6S/c1-11(2)12(3)17-13(4)15(9-10-16(17)30(8,28)29)20(25)18-19(24)14(5)21(26)23(6,7)22(18)27/h9-10,14,25H,1-8H3/b20-18+. The van der Waals surface area contributed by atoms with Gasteiger partial charge in [-0.3, -0.25) is 14.4 Å². The van der Waals surface area contributed by atoms with Crippen LogP contribution < -0.4 is 0 Å². The third-order valence-electron chi connectivity index (χ3n) is 5.89. The zero-order valence-corrected chi connectivity index (χ0v) is 19.4. The molecule has 1 atom stereocenters. The fourth-order valence-electron chi connectivity index (χ4n) is 3.74. The highest BCUT2D eigenvalue weighted by Gasteiger charge is 2.50. The summed E-state index contributed by atoms with van der Waals surface area (Å²) >= 11 is 0. The molecule has 1 saturated carbocycles. The fourth-order valence-corrected chi connectivity index (χ4v) is 4.73. The van der Waals surface area contributed by atoms with Crippen LogP contribution >= 0.6 is 0 Å². The average Bonchev–Trinajstić information content (AvgIpc) is 2.63. The van der Waals surface area contributed by atoms with Gasteiger partial charge in [0, 0.05) is 11.8 Å². The number of carbonyl (C=O) groups excluding carboxylic acids is 3. The van der Waals surface area contributed by atoms with Crippen molar-refractivity contribution in [3.8, 4) is 0 Å². The second kappa shape index (κ2) is 7.61. The molecule has 30 heavy (non-hydrogen) atoms. The maximum atomic E-state index is 12.9. The third kappa shape index (κ3) is 3.67. The van der Waals surface area contributed by atoms with Crippen LogP contribution in [0, 0.1) is 18.3 Å². The van der Waals surface area contributed by atoms with Crippen LogP contribution in [0.5, 0.6) is 0 Å². The lowest BCUT2D eigenvalue weighted by molar-refractivity contribution is -0.145. The van der Waals surface area contributed by atoms with E-state index in [9.17, 15) is 27.9 Å². The topological polar surface area (TPSA) is 106 Å². The Balaban J connectivity index is 2.93. The minimum atomic E-state index is -3.57. The summed E-state index contributed by atoms with van der Waals surface area (Å²) in [7, 11) is -3.57. The lowest BCUT2D eigenvalue weighted by atomic mass is 9.67. The van der Waals surface area contributed by atoms with E-state index in [0.29, 0.717) is 11.1 Å². The van der Waals surface area contributed by atoms with Gasteiger partial charge in [0.15, 0.2) is 27.2 Å². The van der Waals surface area contributed by atoms with Crippen LogP contribution in [0.2, 0.25) is 0 Å². The second-order valence-corrected chi connectivity index (χ2v) is 10.6. The lowest BCUT2D eigenvalue weighted by Gasteiger charge is -2.31. The highest BCUT2D eigenvalue weighted by atomic mass is 32.2. The number of hydrogen-bond donors (Lipinski definition) is 1. The van der Waals surface area contributed by atoms with E-state index in [2.05, 4.69) is 0 Å². The van der Waals surface area contributed by atoms with Crippen LogP contribution in [0.25, 0.3) is 11.3 Å². The Hall–Kier alpha value is -2.54. The maximum Gasteiger partial charge on any atom is 0.183 e. The number of allylic oxidation sites excluding steroid dienone is 3. The maximum absolute atomic E-state index is 12.9. The zero-order valence-electron chi connectivity index (χ0n) is 18.6. The van der Waals surface area contributed by atoms with E-state index in [1.54, 1.807) is 13.8 Å². The van der Waals surface area contributed by atoms with Crippen LogP contribution in [-0.2, 0) is 24.2 Å². The molecule has 7 heteroatoms. The summed E-state index contributed by atoms with van der Waals surface area (Å²) in [6, 6.07) is 2.76. The van der Waals surface area contributed by atoms with E-state index >= 15 is 0 Å². The SMILES string of the molecule is CC(C)=C(C)c1c(S(C)(=O)=O)ccc(/C(O)=C2/C(=O)C(C)C(=O)C(C)(C)C2=O)c1C. The summed E-state index contributed by atoms with van der Waals surface area (Å²) in [6.07, 6.45) is 1.10. The van der Waals surface area contributed by atoms with Crippen molar-refractivity contribution in [2.45, 2.75) is 53.4 Å². The van der Waals surface area contributed by atoms with Crippen molar-refractivity contribution >= 4 is 38.5 Å². The Bertz CT molecular complexity index is 1140. The Morgan fingerprint density at radius 3 is 2.07 bits per heavy atom. The van der Waals surface area contributed by atoms with Gasteiger partial charge in [-0.1, -0.05) is 5.57 Å². The molecular weight excluding hydrogens is 404 g/mol. The minimum Gasteiger partial charge on any atom is -0.506 e. The number of aliphatic hydroxyl groups is 1. The number of sulfone groups is 1. The molecule has 1 aliphatic carbocycles. The molecule has 1 aliphatic rings. The average molecular weight is 433 g/mol. The third-order valence-corrected chi connectivity index (χ3v) is 7.03.